The Labute approximate surface area is 157 Å². The zero-order valence-corrected chi connectivity index (χ0v) is 16.8. The summed E-state index contributed by atoms with van der Waals surface area (Å²) in [5.41, 5.74) is 0. The van der Waals surface area contributed by atoms with Crippen LogP contribution in [0.2, 0.25) is 0 Å². The van der Waals surface area contributed by atoms with E-state index in [0.717, 1.165) is 17.8 Å². The Bertz CT molecular complexity index is 356. The van der Waals surface area contributed by atoms with Gasteiger partial charge in [-0.15, -0.1) is 6.58 Å². The lowest BCUT2D eigenvalue weighted by molar-refractivity contribution is 0.0836. The number of allylic oxidation sites excluding steroid dienone is 2. The monoisotopic (exact) mass is 346 g/mol. The van der Waals surface area contributed by atoms with Gasteiger partial charge in [0.05, 0.1) is 12.4 Å². The molecule has 0 amide bonds. The van der Waals surface area contributed by atoms with Gasteiger partial charge in [0.15, 0.2) is 0 Å². The molecule has 0 radical (unpaired) electrons. The molecule has 0 aliphatic heterocycles. The van der Waals surface area contributed by atoms with Crippen molar-refractivity contribution in [2.45, 2.75) is 109 Å². The van der Waals surface area contributed by atoms with E-state index in [1.54, 1.807) is 0 Å². The highest BCUT2D eigenvalue weighted by atomic mass is 16.5. The highest BCUT2D eigenvalue weighted by Crippen LogP contribution is 2.37. The summed E-state index contributed by atoms with van der Waals surface area (Å²) in [5.74, 6) is 2.99. The summed E-state index contributed by atoms with van der Waals surface area (Å²) in [7, 11) is 0. The lowest BCUT2D eigenvalue weighted by atomic mass is 9.76. The average Bonchev–Trinajstić information content (AvgIpc) is 2.66. The van der Waals surface area contributed by atoms with Gasteiger partial charge in [0.2, 0.25) is 0 Å². The molecule has 1 nitrogen and oxygen atoms in total. The molecule has 0 spiro atoms. The van der Waals surface area contributed by atoms with E-state index < -0.39 is 0 Å². The van der Waals surface area contributed by atoms with Crippen LogP contribution in [0.4, 0.5) is 0 Å². The minimum atomic E-state index is 0.495. The maximum Gasteiger partial charge on any atom is 0.0978 e. The van der Waals surface area contributed by atoms with Crippen LogP contribution in [-0.2, 0) is 4.74 Å². The highest BCUT2D eigenvalue weighted by Gasteiger charge is 2.24. The summed E-state index contributed by atoms with van der Waals surface area (Å²) in [4.78, 5) is 0. The van der Waals surface area contributed by atoms with Gasteiger partial charge in [-0.05, 0) is 75.2 Å². The molecule has 144 valence electrons. The van der Waals surface area contributed by atoms with E-state index in [-0.39, 0.29) is 0 Å². The van der Waals surface area contributed by atoms with E-state index in [2.05, 4.69) is 25.7 Å². The summed E-state index contributed by atoms with van der Waals surface area (Å²) in [6, 6.07) is 0. The molecule has 0 bridgehead atoms. The fourth-order valence-electron chi connectivity index (χ4n) is 4.75. The Morgan fingerprint density at radius 1 is 0.800 bits per heavy atom. The second kappa shape index (κ2) is 12.6. The average molecular weight is 347 g/mol. The molecular formula is C24H42O. The van der Waals surface area contributed by atoms with Crippen molar-refractivity contribution in [3.8, 4) is 0 Å². The quantitative estimate of drug-likeness (QED) is 0.210. The Morgan fingerprint density at radius 3 is 1.92 bits per heavy atom. The van der Waals surface area contributed by atoms with Crippen LogP contribution in [0.3, 0.4) is 0 Å². The fourth-order valence-corrected chi connectivity index (χ4v) is 4.75. The molecule has 0 aromatic carbocycles. The van der Waals surface area contributed by atoms with Crippen LogP contribution in [0.15, 0.2) is 25.0 Å². The molecule has 0 unspecified atom stereocenters. The third-order valence-corrected chi connectivity index (χ3v) is 6.61. The molecule has 0 heterocycles. The molecule has 0 saturated heterocycles. The van der Waals surface area contributed by atoms with E-state index in [1.807, 2.05) is 6.26 Å². The number of ether oxygens (including phenoxy) is 1. The van der Waals surface area contributed by atoms with Crippen LogP contribution < -0.4 is 0 Å². The molecule has 0 atom stereocenters. The minimum Gasteiger partial charge on any atom is -0.498 e. The molecule has 0 aromatic rings. The standard InChI is InChI=1S/C24H42O/c1-3-5-7-8-20-25-24-18-16-23(17-19-24)15-14-22-12-10-21(11-13-22)9-6-4-2/h4,8,20-24H,2-3,5-7,9-19H2,1H3/b20-8+/t21-,22-,23-,24-. The van der Waals surface area contributed by atoms with Gasteiger partial charge in [0, 0.05) is 0 Å². The predicted molar refractivity (Wildman–Crippen MR) is 110 cm³/mol. The van der Waals surface area contributed by atoms with Crippen molar-refractivity contribution >= 4 is 0 Å². The Hall–Kier alpha value is -0.720. The van der Waals surface area contributed by atoms with Crippen LogP contribution in [-0.4, -0.2) is 6.10 Å². The largest absolute Gasteiger partial charge is 0.498 e. The van der Waals surface area contributed by atoms with E-state index in [9.17, 15) is 0 Å². The summed E-state index contributed by atoms with van der Waals surface area (Å²) >= 11 is 0. The third-order valence-electron chi connectivity index (χ3n) is 6.61. The van der Waals surface area contributed by atoms with E-state index >= 15 is 0 Å². The highest BCUT2D eigenvalue weighted by molar-refractivity contribution is 4.80. The van der Waals surface area contributed by atoms with Crippen molar-refractivity contribution in [2.75, 3.05) is 0 Å². The smallest absolute Gasteiger partial charge is 0.0978 e. The Morgan fingerprint density at radius 2 is 1.36 bits per heavy atom. The van der Waals surface area contributed by atoms with E-state index in [0.29, 0.717) is 6.10 Å². The first kappa shape index (κ1) is 20.6. The fraction of sp³-hybridized carbons (Fsp3) is 0.833. The van der Waals surface area contributed by atoms with Crippen LogP contribution in [0.25, 0.3) is 0 Å². The molecule has 1 heteroatoms. The van der Waals surface area contributed by atoms with Crippen molar-refractivity contribution in [1.29, 1.82) is 0 Å². The zero-order valence-electron chi connectivity index (χ0n) is 16.8. The van der Waals surface area contributed by atoms with Gasteiger partial charge < -0.3 is 4.74 Å². The number of rotatable bonds is 11. The molecule has 2 saturated carbocycles. The first-order chi connectivity index (χ1) is 12.3. The molecule has 2 rings (SSSR count). The molecule has 2 aliphatic rings. The summed E-state index contributed by atoms with van der Waals surface area (Å²) in [5, 5.41) is 0. The van der Waals surface area contributed by atoms with E-state index in [1.165, 1.54) is 96.3 Å². The third kappa shape index (κ3) is 8.47. The Kier molecular flexibility index (Phi) is 10.4. The molecular weight excluding hydrogens is 304 g/mol. The number of hydrogen-bond donors (Lipinski definition) is 0. The van der Waals surface area contributed by atoms with E-state index in [4.69, 9.17) is 4.74 Å². The minimum absolute atomic E-state index is 0.495. The molecule has 0 N–H and O–H groups in total. The van der Waals surface area contributed by atoms with Crippen LogP contribution in [0.1, 0.15) is 103 Å². The van der Waals surface area contributed by atoms with Crippen molar-refractivity contribution in [3.63, 3.8) is 0 Å². The molecule has 25 heavy (non-hydrogen) atoms. The van der Waals surface area contributed by atoms with Crippen LogP contribution >= 0.6 is 0 Å². The number of unbranched alkanes of at least 4 members (excludes halogenated alkanes) is 2. The zero-order chi connectivity index (χ0) is 17.7. The Balaban J connectivity index is 1.51. The second-order valence-electron chi connectivity index (χ2n) is 8.62. The lowest BCUT2D eigenvalue weighted by Gasteiger charge is -2.31. The summed E-state index contributed by atoms with van der Waals surface area (Å²) in [6.07, 6.45) is 27.3. The van der Waals surface area contributed by atoms with Crippen molar-refractivity contribution in [2.24, 2.45) is 17.8 Å². The maximum absolute atomic E-state index is 5.93. The van der Waals surface area contributed by atoms with Gasteiger partial charge in [-0.3, -0.25) is 0 Å². The SMILES string of the molecule is C=CCC[C@H]1CC[C@H](CC[C@H]2CC[C@H](O/C=C/CCCC)CC2)CC1. The van der Waals surface area contributed by atoms with Gasteiger partial charge in [-0.1, -0.05) is 57.9 Å². The summed E-state index contributed by atoms with van der Waals surface area (Å²) in [6.45, 7) is 6.10. The van der Waals surface area contributed by atoms with Gasteiger partial charge in [0.1, 0.15) is 0 Å². The first-order valence-corrected chi connectivity index (χ1v) is 11.2. The van der Waals surface area contributed by atoms with Crippen LogP contribution in [0.5, 0.6) is 0 Å². The van der Waals surface area contributed by atoms with Gasteiger partial charge in [-0.25, -0.2) is 0 Å². The first-order valence-electron chi connectivity index (χ1n) is 11.2. The number of hydrogen-bond acceptors (Lipinski definition) is 1. The van der Waals surface area contributed by atoms with Crippen molar-refractivity contribution in [3.05, 3.63) is 25.0 Å². The molecule has 0 aromatic heterocycles. The normalized spacial score (nSPS) is 30.4. The van der Waals surface area contributed by atoms with Crippen LogP contribution in [0, 0.1) is 17.8 Å². The topological polar surface area (TPSA) is 9.23 Å². The predicted octanol–water partition coefficient (Wildman–Crippen LogP) is 7.82. The molecule has 2 aliphatic carbocycles. The van der Waals surface area contributed by atoms with Crippen molar-refractivity contribution < 1.29 is 4.74 Å². The second-order valence-corrected chi connectivity index (χ2v) is 8.62. The maximum atomic E-state index is 5.93. The van der Waals surface area contributed by atoms with Crippen molar-refractivity contribution in [1.82, 2.24) is 0 Å². The van der Waals surface area contributed by atoms with Gasteiger partial charge in [-0.2, -0.15) is 0 Å². The van der Waals surface area contributed by atoms with Gasteiger partial charge in [0.25, 0.3) is 0 Å². The van der Waals surface area contributed by atoms with Gasteiger partial charge >= 0.3 is 0 Å². The lowest BCUT2D eigenvalue weighted by Crippen LogP contribution is -2.21. The molecule has 2 fully saturated rings. The summed E-state index contributed by atoms with van der Waals surface area (Å²) < 4.78 is 5.93.